The lowest BCUT2D eigenvalue weighted by Gasteiger charge is -2.07. The number of hydrogen-bond donors (Lipinski definition) is 0. The quantitative estimate of drug-likeness (QED) is 0.723. The molecule has 1 nitrogen and oxygen atoms in total. The van der Waals surface area contributed by atoms with Crippen LogP contribution in [-0.2, 0) is 17.6 Å². The van der Waals surface area contributed by atoms with Crippen LogP contribution in [0.3, 0.4) is 0 Å². The smallest absolute Gasteiger partial charge is 0.134 e. The van der Waals surface area contributed by atoms with Crippen molar-refractivity contribution in [3.8, 4) is 0 Å². The molecule has 2 heteroatoms. The summed E-state index contributed by atoms with van der Waals surface area (Å²) in [6.45, 7) is 5.41. The van der Waals surface area contributed by atoms with Crippen molar-refractivity contribution in [1.29, 1.82) is 0 Å². The molecule has 0 saturated heterocycles. The number of rotatable bonds is 3. The number of halogens is 1. The van der Waals surface area contributed by atoms with E-state index in [2.05, 4.69) is 0 Å². The van der Waals surface area contributed by atoms with E-state index in [0.29, 0.717) is 5.56 Å². The fourth-order valence-electron chi connectivity index (χ4n) is 1.57. The van der Waals surface area contributed by atoms with Crippen LogP contribution in [0.25, 0.3) is 0 Å². The summed E-state index contributed by atoms with van der Waals surface area (Å²) in [5.41, 5.74) is 2.58. The summed E-state index contributed by atoms with van der Waals surface area (Å²) in [6, 6.07) is 3.31. The van der Waals surface area contributed by atoms with Crippen LogP contribution in [0.15, 0.2) is 12.1 Å². The molecule has 0 saturated carbocycles. The number of ketones is 1. The molecule has 76 valence electrons. The molecule has 0 radical (unpaired) electrons. The van der Waals surface area contributed by atoms with Crippen LogP contribution in [0.1, 0.15) is 30.5 Å². The van der Waals surface area contributed by atoms with Crippen LogP contribution in [0.5, 0.6) is 0 Å². The minimum absolute atomic E-state index is 0.00690. The lowest BCUT2D eigenvalue weighted by atomic mass is 10.00. The van der Waals surface area contributed by atoms with E-state index in [1.54, 1.807) is 6.07 Å². The Morgan fingerprint density at radius 3 is 2.50 bits per heavy atom. The van der Waals surface area contributed by atoms with Crippen molar-refractivity contribution < 1.29 is 9.18 Å². The van der Waals surface area contributed by atoms with E-state index in [4.69, 9.17) is 0 Å². The second kappa shape index (κ2) is 4.36. The zero-order chi connectivity index (χ0) is 10.7. The van der Waals surface area contributed by atoms with E-state index in [0.717, 1.165) is 17.5 Å². The Hall–Kier alpha value is -1.18. The predicted molar refractivity (Wildman–Crippen MR) is 54.9 cm³/mol. The molecule has 0 aliphatic heterocycles. The molecule has 1 aromatic rings. The van der Waals surface area contributed by atoms with Crippen molar-refractivity contribution in [3.05, 3.63) is 34.6 Å². The first-order chi connectivity index (χ1) is 6.54. The zero-order valence-electron chi connectivity index (χ0n) is 8.86. The van der Waals surface area contributed by atoms with Crippen LogP contribution in [-0.4, -0.2) is 5.78 Å². The molecule has 0 N–H and O–H groups in total. The van der Waals surface area contributed by atoms with Gasteiger partial charge in [0.1, 0.15) is 11.6 Å². The molecule has 0 heterocycles. The van der Waals surface area contributed by atoms with Crippen molar-refractivity contribution in [2.45, 2.75) is 33.6 Å². The van der Waals surface area contributed by atoms with Crippen molar-refractivity contribution in [2.75, 3.05) is 0 Å². The summed E-state index contributed by atoms with van der Waals surface area (Å²) in [4.78, 5) is 10.9. The first-order valence-electron chi connectivity index (χ1n) is 4.82. The second-order valence-electron chi connectivity index (χ2n) is 3.60. The minimum atomic E-state index is -0.261. The molecule has 0 bridgehead atoms. The molecule has 0 spiro atoms. The fourth-order valence-corrected chi connectivity index (χ4v) is 1.57. The normalized spacial score (nSPS) is 10.3. The molecule has 1 aromatic carbocycles. The maximum Gasteiger partial charge on any atom is 0.134 e. The highest BCUT2D eigenvalue weighted by molar-refractivity contribution is 5.78. The number of carbonyl (C=O) groups is 1. The van der Waals surface area contributed by atoms with Gasteiger partial charge in [-0.15, -0.1) is 0 Å². The van der Waals surface area contributed by atoms with Gasteiger partial charge in [-0.25, -0.2) is 4.39 Å². The van der Waals surface area contributed by atoms with Gasteiger partial charge in [-0.3, -0.25) is 4.79 Å². The molecule has 0 atom stereocenters. The summed E-state index contributed by atoms with van der Waals surface area (Å²) in [6.07, 6.45) is 1.01. The number of benzene rings is 1. The van der Waals surface area contributed by atoms with Crippen molar-refractivity contribution >= 4 is 5.78 Å². The molecule has 0 unspecified atom stereocenters. The van der Waals surface area contributed by atoms with Crippen molar-refractivity contribution in [2.24, 2.45) is 0 Å². The summed E-state index contributed by atoms with van der Waals surface area (Å²) in [5.74, 6) is -0.268. The number of aryl methyl sites for hydroxylation is 2. The molecular weight excluding hydrogens is 179 g/mol. The molecule has 0 aliphatic carbocycles. The zero-order valence-corrected chi connectivity index (χ0v) is 8.86. The highest BCUT2D eigenvalue weighted by atomic mass is 19.1. The van der Waals surface area contributed by atoms with Crippen molar-refractivity contribution in [1.82, 2.24) is 0 Å². The standard InChI is InChI=1S/C12H15FO/c1-4-10-7-12(13)11(5-8(10)2)6-9(3)14/h5,7H,4,6H2,1-3H3. The maximum absolute atomic E-state index is 13.4. The number of hydrogen-bond acceptors (Lipinski definition) is 1. The summed E-state index contributed by atoms with van der Waals surface area (Å²) in [5, 5.41) is 0. The van der Waals surface area contributed by atoms with E-state index in [9.17, 15) is 9.18 Å². The van der Waals surface area contributed by atoms with Gasteiger partial charge in [-0.05, 0) is 43.0 Å². The van der Waals surface area contributed by atoms with Crippen LogP contribution in [0.4, 0.5) is 4.39 Å². The van der Waals surface area contributed by atoms with Gasteiger partial charge >= 0.3 is 0 Å². The van der Waals surface area contributed by atoms with E-state index in [1.807, 2.05) is 13.8 Å². The first kappa shape index (κ1) is 10.9. The van der Waals surface area contributed by atoms with Crippen LogP contribution >= 0.6 is 0 Å². The van der Waals surface area contributed by atoms with E-state index in [1.165, 1.54) is 13.0 Å². The van der Waals surface area contributed by atoms with E-state index < -0.39 is 0 Å². The largest absolute Gasteiger partial charge is 0.300 e. The van der Waals surface area contributed by atoms with E-state index >= 15 is 0 Å². The predicted octanol–water partition coefficient (Wildman–Crippen LogP) is 2.83. The molecular formula is C12H15FO. The van der Waals surface area contributed by atoms with Gasteiger partial charge in [-0.2, -0.15) is 0 Å². The topological polar surface area (TPSA) is 17.1 Å². The lowest BCUT2D eigenvalue weighted by molar-refractivity contribution is -0.116. The Bertz CT molecular complexity index is 356. The Labute approximate surface area is 83.9 Å². The first-order valence-corrected chi connectivity index (χ1v) is 4.82. The monoisotopic (exact) mass is 194 g/mol. The van der Waals surface area contributed by atoms with Gasteiger partial charge < -0.3 is 0 Å². The van der Waals surface area contributed by atoms with Crippen LogP contribution in [0, 0.1) is 12.7 Å². The molecule has 0 amide bonds. The van der Waals surface area contributed by atoms with Gasteiger partial charge in [-0.1, -0.05) is 13.0 Å². The highest BCUT2D eigenvalue weighted by Crippen LogP contribution is 2.16. The fraction of sp³-hybridized carbons (Fsp3) is 0.417. The summed E-state index contributed by atoms with van der Waals surface area (Å²) >= 11 is 0. The molecule has 0 aromatic heterocycles. The Morgan fingerprint density at radius 1 is 1.36 bits per heavy atom. The average Bonchev–Trinajstić information content (AvgIpc) is 2.10. The molecule has 0 fully saturated rings. The maximum atomic E-state index is 13.4. The third kappa shape index (κ3) is 2.41. The van der Waals surface area contributed by atoms with E-state index in [-0.39, 0.29) is 18.0 Å². The van der Waals surface area contributed by atoms with Gasteiger partial charge in [0.25, 0.3) is 0 Å². The Kier molecular flexibility index (Phi) is 3.39. The second-order valence-corrected chi connectivity index (χ2v) is 3.60. The van der Waals surface area contributed by atoms with Crippen molar-refractivity contribution in [3.63, 3.8) is 0 Å². The SMILES string of the molecule is CCc1cc(F)c(CC(C)=O)cc1C. The Morgan fingerprint density at radius 2 is 2.00 bits per heavy atom. The third-order valence-electron chi connectivity index (χ3n) is 2.33. The summed E-state index contributed by atoms with van der Waals surface area (Å²) in [7, 11) is 0. The lowest BCUT2D eigenvalue weighted by Crippen LogP contribution is -2.01. The van der Waals surface area contributed by atoms with Crippen LogP contribution < -0.4 is 0 Å². The van der Waals surface area contributed by atoms with Gasteiger partial charge in [0, 0.05) is 6.42 Å². The Balaban J connectivity index is 3.08. The number of Topliss-reactive ketones (excluding diaryl/α,β-unsaturated/α-hetero) is 1. The number of carbonyl (C=O) groups excluding carboxylic acids is 1. The average molecular weight is 194 g/mol. The third-order valence-corrected chi connectivity index (χ3v) is 2.33. The highest BCUT2D eigenvalue weighted by Gasteiger charge is 2.07. The summed E-state index contributed by atoms with van der Waals surface area (Å²) < 4.78 is 13.4. The van der Waals surface area contributed by atoms with Gasteiger partial charge in [0.2, 0.25) is 0 Å². The van der Waals surface area contributed by atoms with Crippen LogP contribution in [0.2, 0.25) is 0 Å². The van der Waals surface area contributed by atoms with Gasteiger partial charge in [0.15, 0.2) is 0 Å². The molecule has 14 heavy (non-hydrogen) atoms. The molecule has 0 aliphatic rings. The minimum Gasteiger partial charge on any atom is -0.300 e. The molecule has 1 rings (SSSR count). The van der Waals surface area contributed by atoms with Gasteiger partial charge in [0.05, 0.1) is 0 Å².